The summed E-state index contributed by atoms with van der Waals surface area (Å²) in [5, 5.41) is 11.1. The lowest BCUT2D eigenvalue weighted by atomic mass is 9.66. The van der Waals surface area contributed by atoms with Crippen molar-refractivity contribution in [1.29, 1.82) is 0 Å². The Hall–Kier alpha value is -0.0800. The number of hydrogen-bond donors (Lipinski definition) is 1. The minimum Gasteiger partial charge on any atom is -0.391 e. The Morgan fingerprint density at radius 1 is 1.05 bits per heavy atom. The first-order valence-corrected chi connectivity index (χ1v) is 8.31. The lowest BCUT2D eigenvalue weighted by molar-refractivity contribution is -0.0816. The van der Waals surface area contributed by atoms with Crippen LogP contribution >= 0.6 is 0 Å². The topological polar surface area (TPSA) is 23.5 Å². The third kappa shape index (κ3) is 3.16. The highest BCUT2D eigenvalue weighted by Gasteiger charge is 2.46. The Kier molecular flexibility index (Phi) is 4.94. The van der Waals surface area contributed by atoms with Crippen LogP contribution in [0, 0.1) is 17.8 Å². The van der Waals surface area contributed by atoms with E-state index >= 15 is 0 Å². The van der Waals surface area contributed by atoms with Gasteiger partial charge in [-0.1, -0.05) is 39.5 Å². The molecule has 0 bridgehead atoms. The average Bonchev–Trinajstić information content (AvgIpc) is 2.37. The van der Waals surface area contributed by atoms with E-state index in [1.807, 2.05) is 0 Å². The fraction of sp³-hybridized carbons (Fsp3) is 1.00. The quantitative estimate of drug-likeness (QED) is 0.843. The molecule has 2 heteroatoms. The molecule has 0 radical (unpaired) electrons. The minimum absolute atomic E-state index is 0.0411. The average molecular weight is 267 g/mol. The summed E-state index contributed by atoms with van der Waals surface area (Å²) in [6, 6.07) is 0. The van der Waals surface area contributed by atoms with Gasteiger partial charge in [0.05, 0.1) is 6.10 Å². The maximum absolute atomic E-state index is 11.1. The molecule has 2 aliphatic rings. The van der Waals surface area contributed by atoms with Gasteiger partial charge < -0.3 is 10.0 Å². The van der Waals surface area contributed by atoms with Crippen molar-refractivity contribution in [3.8, 4) is 0 Å². The fourth-order valence-electron chi connectivity index (χ4n) is 4.71. The molecule has 0 aromatic heterocycles. The van der Waals surface area contributed by atoms with E-state index in [9.17, 15) is 5.11 Å². The third-order valence-corrected chi connectivity index (χ3v) is 5.87. The maximum Gasteiger partial charge on any atom is 0.0751 e. The number of aliphatic hydroxyl groups excluding tert-OH is 1. The third-order valence-electron chi connectivity index (χ3n) is 5.87. The Labute approximate surface area is 119 Å². The van der Waals surface area contributed by atoms with Crippen LogP contribution < -0.4 is 0 Å². The molecule has 0 saturated heterocycles. The lowest BCUT2D eigenvalue weighted by Gasteiger charge is -2.51. The SMILES string of the molecule is CC1CCCC(C(O)C2(N(C)C)CCCC(C)C2)C1. The van der Waals surface area contributed by atoms with Gasteiger partial charge in [-0.05, 0) is 57.5 Å². The minimum atomic E-state index is -0.131. The highest BCUT2D eigenvalue weighted by Crippen LogP contribution is 2.43. The van der Waals surface area contributed by atoms with Crippen molar-refractivity contribution in [1.82, 2.24) is 4.90 Å². The number of likely N-dealkylation sites (N-methyl/N-ethyl adjacent to an activating group) is 1. The summed E-state index contributed by atoms with van der Waals surface area (Å²) in [4.78, 5) is 2.34. The molecule has 19 heavy (non-hydrogen) atoms. The Morgan fingerprint density at radius 2 is 1.74 bits per heavy atom. The first kappa shape index (κ1) is 15.3. The van der Waals surface area contributed by atoms with Crippen LogP contribution in [0.3, 0.4) is 0 Å². The van der Waals surface area contributed by atoms with E-state index in [-0.39, 0.29) is 11.6 Å². The van der Waals surface area contributed by atoms with E-state index in [1.54, 1.807) is 0 Å². The molecule has 2 nitrogen and oxygen atoms in total. The van der Waals surface area contributed by atoms with Crippen molar-refractivity contribution in [2.75, 3.05) is 14.1 Å². The molecular formula is C17H33NO. The predicted octanol–water partition coefficient (Wildman–Crippen LogP) is 3.68. The molecule has 0 aromatic carbocycles. The number of hydrogen-bond acceptors (Lipinski definition) is 2. The van der Waals surface area contributed by atoms with Crippen LogP contribution in [0.2, 0.25) is 0 Å². The first-order valence-electron chi connectivity index (χ1n) is 8.31. The summed E-state index contributed by atoms with van der Waals surface area (Å²) < 4.78 is 0. The van der Waals surface area contributed by atoms with Crippen molar-refractivity contribution in [2.45, 2.75) is 76.9 Å². The van der Waals surface area contributed by atoms with E-state index in [0.717, 1.165) is 11.8 Å². The zero-order valence-electron chi connectivity index (χ0n) is 13.4. The molecule has 0 aromatic rings. The van der Waals surface area contributed by atoms with Gasteiger partial charge in [0, 0.05) is 5.54 Å². The van der Waals surface area contributed by atoms with Gasteiger partial charge in [0.1, 0.15) is 0 Å². The maximum atomic E-state index is 11.1. The van der Waals surface area contributed by atoms with Gasteiger partial charge in [-0.25, -0.2) is 0 Å². The molecule has 5 atom stereocenters. The van der Waals surface area contributed by atoms with E-state index < -0.39 is 0 Å². The van der Waals surface area contributed by atoms with Crippen molar-refractivity contribution < 1.29 is 5.11 Å². The molecule has 0 heterocycles. The van der Waals surface area contributed by atoms with Crippen molar-refractivity contribution in [2.24, 2.45) is 17.8 Å². The number of rotatable bonds is 3. The highest BCUT2D eigenvalue weighted by atomic mass is 16.3. The summed E-state index contributed by atoms with van der Waals surface area (Å²) in [5.74, 6) is 2.08. The van der Waals surface area contributed by atoms with Crippen LogP contribution in [0.5, 0.6) is 0 Å². The molecule has 2 aliphatic carbocycles. The van der Waals surface area contributed by atoms with E-state index in [2.05, 4.69) is 32.8 Å². The Bertz CT molecular complexity index is 291. The summed E-state index contributed by atoms with van der Waals surface area (Å²) in [5.41, 5.74) is 0.0411. The van der Waals surface area contributed by atoms with E-state index in [4.69, 9.17) is 0 Å². The summed E-state index contributed by atoms with van der Waals surface area (Å²) >= 11 is 0. The van der Waals surface area contributed by atoms with E-state index in [0.29, 0.717) is 5.92 Å². The second-order valence-corrected chi connectivity index (χ2v) is 7.68. The molecule has 1 N–H and O–H groups in total. The van der Waals surface area contributed by atoms with E-state index in [1.165, 1.54) is 51.4 Å². The Balaban J connectivity index is 2.13. The van der Waals surface area contributed by atoms with Crippen LogP contribution in [0.25, 0.3) is 0 Å². The zero-order valence-corrected chi connectivity index (χ0v) is 13.4. The summed E-state index contributed by atoms with van der Waals surface area (Å²) in [6.07, 6.45) is 9.95. The Morgan fingerprint density at radius 3 is 2.32 bits per heavy atom. The largest absolute Gasteiger partial charge is 0.391 e. The van der Waals surface area contributed by atoms with Gasteiger partial charge in [0.25, 0.3) is 0 Å². The molecule has 0 amide bonds. The molecule has 5 unspecified atom stereocenters. The van der Waals surface area contributed by atoms with Gasteiger partial charge in [-0.2, -0.15) is 0 Å². The molecule has 2 rings (SSSR count). The summed E-state index contributed by atoms with van der Waals surface area (Å²) in [7, 11) is 4.35. The van der Waals surface area contributed by atoms with Gasteiger partial charge in [0.2, 0.25) is 0 Å². The molecule has 2 saturated carbocycles. The van der Waals surface area contributed by atoms with Gasteiger partial charge in [0.15, 0.2) is 0 Å². The van der Waals surface area contributed by atoms with Crippen LogP contribution in [-0.4, -0.2) is 35.7 Å². The molecular weight excluding hydrogens is 234 g/mol. The van der Waals surface area contributed by atoms with Crippen molar-refractivity contribution in [3.05, 3.63) is 0 Å². The molecule has 112 valence electrons. The van der Waals surface area contributed by atoms with Crippen molar-refractivity contribution in [3.63, 3.8) is 0 Å². The molecule has 2 fully saturated rings. The van der Waals surface area contributed by atoms with Crippen LogP contribution in [0.15, 0.2) is 0 Å². The smallest absolute Gasteiger partial charge is 0.0751 e. The number of aliphatic hydroxyl groups is 1. The van der Waals surface area contributed by atoms with Crippen LogP contribution in [0.4, 0.5) is 0 Å². The lowest BCUT2D eigenvalue weighted by Crippen LogP contribution is -2.58. The highest BCUT2D eigenvalue weighted by molar-refractivity contribution is 5.01. The fourth-order valence-corrected chi connectivity index (χ4v) is 4.71. The zero-order chi connectivity index (χ0) is 14.0. The first-order chi connectivity index (χ1) is 8.95. The van der Waals surface area contributed by atoms with Gasteiger partial charge >= 0.3 is 0 Å². The standard InChI is InChI=1S/C17H33NO/c1-13-7-5-9-15(11-13)16(19)17(18(3)4)10-6-8-14(2)12-17/h13-16,19H,5-12H2,1-4H3. The van der Waals surface area contributed by atoms with Crippen LogP contribution in [-0.2, 0) is 0 Å². The number of nitrogens with zero attached hydrogens (tertiary/aromatic N) is 1. The molecule has 0 spiro atoms. The normalized spacial score (nSPS) is 42.3. The van der Waals surface area contributed by atoms with Crippen molar-refractivity contribution >= 4 is 0 Å². The van der Waals surface area contributed by atoms with Gasteiger partial charge in [-0.3, -0.25) is 0 Å². The summed E-state index contributed by atoms with van der Waals surface area (Å²) in [6.45, 7) is 4.71. The van der Waals surface area contributed by atoms with Crippen LogP contribution in [0.1, 0.15) is 65.2 Å². The van der Waals surface area contributed by atoms with Gasteiger partial charge in [-0.15, -0.1) is 0 Å². The second-order valence-electron chi connectivity index (χ2n) is 7.68. The monoisotopic (exact) mass is 267 g/mol. The second kappa shape index (κ2) is 6.13. The predicted molar refractivity (Wildman–Crippen MR) is 81.2 cm³/mol. The molecule has 0 aliphatic heterocycles.